The predicted molar refractivity (Wildman–Crippen MR) is 90.0 cm³/mol. The standard InChI is InChI=1S/C15H17BrN2O2S/c1-9-4-6-12(16)14(8-9)18-21(19,20)15-11(3)10(2)5-7-13(15)17/h4-8,18H,17H2,1-3H3. The molecule has 2 aromatic rings. The summed E-state index contributed by atoms with van der Waals surface area (Å²) in [6, 6.07) is 8.89. The molecule has 0 atom stereocenters. The number of nitrogens with one attached hydrogen (secondary N) is 1. The molecule has 0 saturated heterocycles. The van der Waals surface area contributed by atoms with Crippen LogP contribution in [0.2, 0.25) is 0 Å². The zero-order chi connectivity index (χ0) is 15.8. The van der Waals surface area contributed by atoms with Crippen LogP contribution in [0.5, 0.6) is 0 Å². The van der Waals surface area contributed by atoms with Crippen molar-refractivity contribution in [2.75, 3.05) is 10.5 Å². The largest absolute Gasteiger partial charge is 0.398 e. The second-order valence-electron chi connectivity index (χ2n) is 5.01. The number of nitrogens with two attached hydrogens (primary N) is 1. The van der Waals surface area contributed by atoms with Crippen LogP contribution in [0.1, 0.15) is 16.7 Å². The highest BCUT2D eigenvalue weighted by Gasteiger charge is 2.22. The number of hydrogen-bond donors (Lipinski definition) is 2. The van der Waals surface area contributed by atoms with Crippen molar-refractivity contribution in [2.24, 2.45) is 0 Å². The van der Waals surface area contributed by atoms with Crippen LogP contribution in [-0.4, -0.2) is 8.42 Å². The molecule has 0 radical (unpaired) electrons. The molecule has 6 heteroatoms. The molecule has 0 amide bonds. The molecule has 0 spiro atoms. The molecule has 0 aromatic heterocycles. The summed E-state index contributed by atoms with van der Waals surface area (Å²) in [4.78, 5) is 0.135. The lowest BCUT2D eigenvalue weighted by atomic mass is 10.1. The normalized spacial score (nSPS) is 11.4. The van der Waals surface area contributed by atoms with E-state index in [1.807, 2.05) is 26.0 Å². The van der Waals surface area contributed by atoms with E-state index in [1.54, 1.807) is 25.1 Å². The summed E-state index contributed by atoms with van der Waals surface area (Å²) in [5.74, 6) is 0. The van der Waals surface area contributed by atoms with Gasteiger partial charge in [0.05, 0.1) is 11.4 Å². The molecule has 0 unspecified atom stereocenters. The van der Waals surface area contributed by atoms with E-state index in [2.05, 4.69) is 20.7 Å². The Balaban J connectivity index is 2.54. The highest BCUT2D eigenvalue weighted by molar-refractivity contribution is 9.10. The summed E-state index contributed by atoms with van der Waals surface area (Å²) in [6.45, 7) is 5.51. The van der Waals surface area contributed by atoms with E-state index in [4.69, 9.17) is 5.73 Å². The van der Waals surface area contributed by atoms with Crippen molar-refractivity contribution in [2.45, 2.75) is 25.7 Å². The molecule has 2 rings (SSSR count). The smallest absolute Gasteiger partial charge is 0.264 e. The third-order valence-corrected chi connectivity index (χ3v) is 5.60. The van der Waals surface area contributed by atoms with Crippen LogP contribution in [0.4, 0.5) is 11.4 Å². The van der Waals surface area contributed by atoms with Gasteiger partial charge in [-0.1, -0.05) is 12.1 Å². The molecule has 2 aromatic carbocycles. The van der Waals surface area contributed by atoms with Gasteiger partial charge in [-0.3, -0.25) is 4.72 Å². The average molecular weight is 369 g/mol. The number of anilines is 2. The lowest BCUT2D eigenvalue weighted by Gasteiger charge is -2.15. The van der Waals surface area contributed by atoms with Crippen molar-refractivity contribution in [1.82, 2.24) is 0 Å². The van der Waals surface area contributed by atoms with Gasteiger partial charge in [-0.05, 0) is 71.6 Å². The van der Waals surface area contributed by atoms with Crippen LogP contribution in [0.15, 0.2) is 39.7 Å². The van der Waals surface area contributed by atoms with E-state index < -0.39 is 10.0 Å². The number of rotatable bonds is 3. The first-order valence-corrected chi connectivity index (χ1v) is 8.64. The topological polar surface area (TPSA) is 72.2 Å². The fourth-order valence-electron chi connectivity index (χ4n) is 2.08. The summed E-state index contributed by atoms with van der Waals surface area (Å²) in [5, 5.41) is 0. The molecule has 0 saturated carbocycles. The molecule has 3 N–H and O–H groups in total. The maximum Gasteiger partial charge on any atom is 0.264 e. The number of sulfonamides is 1. The van der Waals surface area contributed by atoms with E-state index >= 15 is 0 Å². The van der Waals surface area contributed by atoms with Crippen LogP contribution in [-0.2, 0) is 10.0 Å². The van der Waals surface area contributed by atoms with Crippen LogP contribution >= 0.6 is 15.9 Å². The van der Waals surface area contributed by atoms with E-state index in [1.165, 1.54) is 0 Å². The van der Waals surface area contributed by atoms with Crippen LogP contribution < -0.4 is 10.5 Å². The predicted octanol–water partition coefficient (Wildman–Crippen LogP) is 3.76. The molecule has 0 bridgehead atoms. The molecule has 21 heavy (non-hydrogen) atoms. The van der Waals surface area contributed by atoms with Gasteiger partial charge in [-0.2, -0.15) is 0 Å². The first-order chi connectivity index (χ1) is 9.72. The van der Waals surface area contributed by atoms with E-state index in [-0.39, 0.29) is 10.6 Å². The van der Waals surface area contributed by atoms with Crippen LogP contribution in [0.3, 0.4) is 0 Å². The lowest BCUT2D eigenvalue weighted by molar-refractivity contribution is 0.601. The summed E-state index contributed by atoms with van der Waals surface area (Å²) in [6.07, 6.45) is 0. The van der Waals surface area contributed by atoms with Gasteiger partial charge >= 0.3 is 0 Å². The summed E-state index contributed by atoms with van der Waals surface area (Å²) >= 11 is 3.35. The van der Waals surface area contributed by atoms with Crippen molar-refractivity contribution in [3.05, 3.63) is 51.5 Å². The summed E-state index contributed by atoms with van der Waals surface area (Å²) in [5.41, 5.74) is 9.11. The fourth-order valence-corrected chi connectivity index (χ4v) is 4.06. The van der Waals surface area contributed by atoms with Crippen LogP contribution in [0, 0.1) is 20.8 Å². The molecule has 112 valence electrons. The minimum atomic E-state index is -3.74. The molecule has 0 aliphatic rings. The van der Waals surface area contributed by atoms with Gasteiger partial charge in [0.15, 0.2) is 0 Å². The summed E-state index contributed by atoms with van der Waals surface area (Å²) < 4.78 is 28.6. The molecule has 0 heterocycles. The molecule has 0 fully saturated rings. The van der Waals surface area contributed by atoms with Gasteiger partial charge in [0.25, 0.3) is 10.0 Å². The number of aryl methyl sites for hydroxylation is 2. The Labute approximate surface area is 133 Å². The monoisotopic (exact) mass is 368 g/mol. The number of benzene rings is 2. The lowest BCUT2D eigenvalue weighted by Crippen LogP contribution is -2.17. The minimum Gasteiger partial charge on any atom is -0.398 e. The fraction of sp³-hybridized carbons (Fsp3) is 0.200. The maximum absolute atomic E-state index is 12.6. The quantitative estimate of drug-likeness (QED) is 0.810. The van der Waals surface area contributed by atoms with Gasteiger partial charge in [0, 0.05) is 4.47 Å². The van der Waals surface area contributed by atoms with Crippen molar-refractivity contribution < 1.29 is 8.42 Å². The minimum absolute atomic E-state index is 0.135. The Morgan fingerprint density at radius 2 is 1.76 bits per heavy atom. The number of hydrogen-bond acceptors (Lipinski definition) is 3. The second-order valence-corrected chi connectivity index (χ2v) is 7.49. The molecular weight excluding hydrogens is 352 g/mol. The van der Waals surface area contributed by atoms with Gasteiger partial charge in [-0.25, -0.2) is 8.42 Å². The Morgan fingerprint density at radius 1 is 1.10 bits per heavy atom. The van der Waals surface area contributed by atoms with Gasteiger partial charge < -0.3 is 5.73 Å². The van der Waals surface area contributed by atoms with Crippen molar-refractivity contribution in [3.8, 4) is 0 Å². The van der Waals surface area contributed by atoms with E-state index in [0.717, 1.165) is 11.1 Å². The number of halogens is 1. The first kappa shape index (κ1) is 15.9. The zero-order valence-electron chi connectivity index (χ0n) is 12.1. The third kappa shape index (κ3) is 3.22. The highest BCUT2D eigenvalue weighted by atomic mass is 79.9. The Bertz CT molecular complexity index is 802. The summed E-state index contributed by atoms with van der Waals surface area (Å²) in [7, 11) is -3.74. The van der Waals surface area contributed by atoms with E-state index in [0.29, 0.717) is 15.7 Å². The van der Waals surface area contributed by atoms with Gasteiger partial charge in [0.2, 0.25) is 0 Å². The Hall–Kier alpha value is -1.53. The maximum atomic E-state index is 12.6. The second kappa shape index (κ2) is 5.69. The highest BCUT2D eigenvalue weighted by Crippen LogP contribution is 2.30. The SMILES string of the molecule is Cc1ccc(Br)c(NS(=O)(=O)c2c(N)ccc(C)c2C)c1. The van der Waals surface area contributed by atoms with Crippen molar-refractivity contribution in [1.29, 1.82) is 0 Å². The average Bonchev–Trinajstić information content (AvgIpc) is 2.38. The molecule has 0 aliphatic carbocycles. The number of nitrogen functional groups attached to an aromatic ring is 1. The molecule has 4 nitrogen and oxygen atoms in total. The van der Waals surface area contributed by atoms with E-state index in [9.17, 15) is 8.42 Å². The van der Waals surface area contributed by atoms with Crippen molar-refractivity contribution in [3.63, 3.8) is 0 Å². The third-order valence-electron chi connectivity index (χ3n) is 3.34. The van der Waals surface area contributed by atoms with Gasteiger partial charge in [0.1, 0.15) is 4.90 Å². The first-order valence-electron chi connectivity index (χ1n) is 6.37. The Kier molecular flexibility index (Phi) is 4.30. The van der Waals surface area contributed by atoms with Crippen LogP contribution in [0.25, 0.3) is 0 Å². The molecule has 0 aliphatic heterocycles. The van der Waals surface area contributed by atoms with Crippen molar-refractivity contribution >= 4 is 37.3 Å². The Morgan fingerprint density at radius 3 is 2.43 bits per heavy atom. The zero-order valence-corrected chi connectivity index (χ0v) is 14.5. The van der Waals surface area contributed by atoms with Gasteiger partial charge in [-0.15, -0.1) is 0 Å². The molecular formula is C15H17BrN2O2S.